The molecule has 2 aromatic carbocycles. The second-order valence-electron chi connectivity index (χ2n) is 6.66. The average molecular weight is 416 g/mol. The van der Waals surface area contributed by atoms with E-state index in [-0.39, 0.29) is 5.91 Å². The standard InChI is InChI=1S/C23H18ClN5O/c24-18-6-5-17-12-28-22(25)20(21(17)11-18)7-4-15-2-1-3-16(10-15)23(30)27-9-8-19-13-26-14-29-19/h1-3,5-6,10-14H,8-9H2,(H2,25,28)(H,26,29)(H,27,30). The third-order valence-electron chi connectivity index (χ3n) is 4.57. The van der Waals surface area contributed by atoms with Gasteiger partial charge in [0.1, 0.15) is 5.82 Å². The molecule has 2 heterocycles. The van der Waals surface area contributed by atoms with Gasteiger partial charge in [0.05, 0.1) is 11.9 Å². The lowest BCUT2D eigenvalue weighted by atomic mass is 10.1. The highest BCUT2D eigenvalue weighted by Crippen LogP contribution is 2.24. The maximum Gasteiger partial charge on any atom is 0.251 e. The number of pyridine rings is 1. The first-order valence-corrected chi connectivity index (χ1v) is 9.69. The Bertz CT molecular complexity index is 1270. The number of aromatic nitrogens is 3. The molecule has 0 radical (unpaired) electrons. The number of benzene rings is 2. The number of carbonyl (C=O) groups excluding carboxylic acids is 1. The fraction of sp³-hybridized carbons (Fsp3) is 0.0870. The van der Waals surface area contributed by atoms with Crippen LogP contribution in [0.1, 0.15) is 27.2 Å². The van der Waals surface area contributed by atoms with Crippen LogP contribution in [-0.2, 0) is 6.42 Å². The van der Waals surface area contributed by atoms with Crippen LogP contribution < -0.4 is 11.1 Å². The molecule has 0 saturated carbocycles. The minimum absolute atomic E-state index is 0.156. The smallest absolute Gasteiger partial charge is 0.251 e. The molecule has 0 bridgehead atoms. The first-order chi connectivity index (χ1) is 14.6. The number of imidazole rings is 1. The molecule has 4 N–H and O–H groups in total. The van der Waals surface area contributed by atoms with E-state index in [1.165, 1.54) is 0 Å². The summed E-state index contributed by atoms with van der Waals surface area (Å²) in [5, 5.41) is 5.25. The number of hydrogen-bond donors (Lipinski definition) is 3. The molecule has 0 aliphatic heterocycles. The van der Waals surface area contributed by atoms with E-state index in [1.54, 1.807) is 43.0 Å². The highest BCUT2D eigenvalue weighted by molar-refractivity contribution is 6.31. The van der Waals surface area contributed by atoms with Gasteiger partial charge >= 0.3 is 0 Å². The number of fused-ring (bicyclic) bond motifs is 1. The van der Waals surface area contributed by atoms with E-state index in [2.05, 4.69) is 32.1 Å². The Balaban J connectivity index is 1.54. The van der Waals surface area contributed by atoms with Crippen LogP contribution in [-0.4, -0.2) is 27.4 Å². The van der Waals surface area contributed by atoms with Gasteiger partial charge in [-0.15, -0.1) is 0 Å². The van der Waals surface area contributed by atoms with Crippen molar-refractivity contribution in [2.75, 3.05) is 12.3 Å². The summed E-state index contributed by atoms with van der Waals surface area (Å²) >= 11 is 6.13. The van der Waals surface area contributed by atoms with Crippen molar-refractivity contribution in [3.05, 3.63) is 88.6 Å². The predicted molar refractivity (Wildman–Crippen MR) is 118 cm³/mol. The molecule has 0 aliphatic rings. The maximum absolute atomic E-state index is 12.4. The normalized spacial score (nSPS) is 10.4. The number of amides is 1. The molecule has 0 spiro atoms. The molecule has 0 aliphatic carbocycles. The van der Waals surface area contributed by atoms with Crippen LogP contribution in [0, 0.1) is 11.8 Å². The van der Waals surface area contributed by atoms with Crippen LogP contribution in [0.3, 0.4) is 0 Å². The summed E-state index contributed by atoms with van der Waals surface area (Å²) in [7, 11) is 0. The van der Waals surface area contributed by atoms with E-state index in [1.807, 2.05) is 18.2 Å². The number of nitrogens with two attached hydrogens (primary N) is 1. The zero-order valence-electron chi connectivity index (χ0n) is 15.9. The van der Waals surface area contributed by atoms with Gasteiger partial charge in [0.25, 0.3) is 5.91 Å². The van der Waals surface area contributed by atoms with Gasteiger partial charge in [-0.1, -0.05) is 35.6 Å². The molecule has 4 rings (SSSR count). The van der Waals surface area contributed by atoms with Gasteiger partial charge in [-0.25, -0.2) is 9.97 Å². The first-order valence-electron chi connectivity index (χ1n) is 9.31. The monoisotopic (exact) mass is 415 g/mol. The van der Waals surface area contributed by atoms with Crippen LogP contribution >= 0.6 is 11.6 Å². The first kappa shape index (κ1) is 19.5. The lowest BCUT2D eigenvalue weighted by Crippen LogP contribution is -2.25. The zero-order valence-corrected chi connectivity index (χ0v) is 16.7. The molecule has 30 heavy (non-hydrogen) atoms. The third-order valence-corrected chi connectivity index (χ3v) is 4.81. The van der Waals surface area contributed by atoms with E-state index in [9.17, 15) is 4.79 Å². The van der Waals surface area contributed by atoms with E-state index < -0.39 is 0 Å². The summed E-state index contributed by atoms with van der Waals surface area (Å²) in [6, 6.07) is 12.6. The molecule has 2 aromatic heterocycles. The van der Waals surface area contributed by atoms with Crippen LogP contribution in [0.25, 0.3) is 10.8 Å². The summed E-state index contributed by atoms with van der Waals surface area (Å²) in [6.07, 6.45) is 5.73. The number of rotatable bonds is 4. The molecule has 4 aromatic rings. The van der Waals surface area contributed by atoms with E-state index in [0.29, 0.717) is 40.5 Å². The van der Waals surface area contributed by atoms with Crippen LogP contribution in [0.5, 0.6) is 0 Å². The van der Waals surface area contributed by atoms with Crippen molar-refractivity contribution in [1.29, 1.82) is 0 Å². The Morgan fingerprint density at radius 2 is 2.07 bits per heavy atom. The summed E-state index contributed by atoms with van der Waals surface area (Å²) in [6.45, 7) is 0.510. The Kier molecular flexibility index (Phi) is 5.64. The number of anilines is 1. The van der Waals surface area contributed by atoms with Gasteiger partial charge in [-0.3, -0.25) is 4.79 Å². The Hall–Kier alpha value is -3.82. The van der Waals surface area contributed by atoms with Crippen molar-refractivity contribution in [2.45, 2.75) is 6.42 Å². The predicted octanol–water partition coefficient (Wildman–Crippen LogP) is 3.57. The largest absolute Gasteiger partial charge is 0.383 e. The van der Waals surface area contributed by atoms with Crippen molar-refractivity contribution in [3.63, 3.8) is 0 Å². The number of hydrogen-bond acceptors (Lipinski definition) is 4. The van der Waals surface area contributed by atoms with E-state index in [0.717, 1.165) is 16.5 Å². The fourth-order valence-electron chi connectivity index (χ4n) is 3.04. The van der Waals surface area contributed by atoms with Gasteiger partial charge in [0, 0.05) is 58.0 Å². The van der Waals surface area contributed by atoms with Crippen LogP contribution in [0.15, 0.2) is 61.2 Å². The van der Waals surface area contributed by atoms with E-state index >= 15 is 0 Å². The number of nitrogen functional groups attached to an aromatic ring is 1. The minimum atomic E-state index is -0.156. The molecule has 0 saturated heterocycles. The lowest BCUT2D eigenvalue weighted by molar-refractivity contribution is 0.0954. The molecule has 7 heteroatoms. The second kappa shape index (κ2) is 8.68. The molecule has 148 valence electrons. The zero-order chi connectivity index (χ0) is 20.9. The quantitative estimate of drug-likeness (QED) is 0.444. The highest BCUT2D eigenvalue weighted by Gasteiger charge is 2.07. The highest BCUT2D eigenvalue weighted by atomic mass is 35.5. The molecule has 0 fully saturated rings. The number of carbonyl (C=O) groups is 1. The van der Waals surface area contributed by atoms with Crippen LogP contribution in [0.4, 0.5) is 5.82 Å². The Morgan fingerprint density at radius 3 is 2.90 bits per heavy atom. The molecular formula is C23H18ClN5O. The van der Waals surface area contributed by atoms with E-state index in [4.69, 9.17) is 17.3 Å². The lowest BCUT2D eigenvalue weighted by Gasteiger charge is -2.05. The molecular weight excluding hydrogens is 398 g/mol. The summed E-state index contributed by atoms with van der Waals surface area (Å²) in [5.74, 6) is 6.35. The van der Waals surface area contributed by atoms with Crippen molar-refractivity contribution in [3.8, 4) is 11.8 Å². The number of nitrogens with one attached hydrogen (secondary N) is 2. The SMILES string of the molecule is Nc1ncc2ccc(Cl)cc2c1C#Cc1cccc(C(=O)NCCc2cnc[nH]2)c1. The Labute approximate surface area is 178 Å². The van der Waals surface area contributed by atoms with Gasteiger partial charge in [-0.2, -0.15) is 0 Å². The van der Waals surface area contributed by atoms with Crippen molar-refractivity contribution in [2.24, 2.45) is 0 Å². The van der Waals surface area contributed by atoms with Gasteiger partial charge in [0.15, 0.2) is 0 Å². The summed E-state index contributed by atoms with van der Waals surface area (Å²) in [4.78, 5) is 23.6. The van der Waals surface area contributed by atoms with Gasteiger partial charge in [-0.05, 0) is 30.3 Å². The fourth-order valence-corrected chi connectivity index (χ4v) is 3.21. The average Bonchev–Trinajstić information content (AvgIpc) is 3.27. The topological polar surface area (TPSA) is 96.7 Å². The van der Waals surface area contributed by atoms with Gasteiger partial charge < -0.3 is 16.0 Å². The third kappa shape index (κ3) is 4.43. The summed E-state index contributed by atoms with van der Waals surface area (Å²) < 4.78 is 0. The second-order valence-corrected chi connectivity index (χ2v) is 7.10. The number of nitrogens with zero attached hydrogens (tertiary/aromatic N) is 2. The molecule has 0 atom stereocenters. The van der Waals surface area contributed by atoms with Gasteiger partial charge in [0.2, 0.25) is 0 Å². The Morgan fingerprint density at radius 1 is 1.17 bits per heavy atom. The molecule has 1 amide bonds. The minimum Gasteiger partial charge on any atom is -0.383 e. The maximum atomic E-state index is 12.4. The number of aromatic amines is 1. The summed E-state index contributed by atoms with van der Waals surface area (Å²) in [5.41, 5.74) is 8.87. The van der Waals surface area contributed by atoms with Crippen molar-refractivity contribution in [1.82, 2.24) is 20.3 Å². The molecule has 0 unspecified atom stereocenters. The van der Waals surface area contributed by atoms with Crippen molar-refractivity contribution >= 4 is 34.1 Å². The van der Waals surface area contributed by atoms with Crippen molar-refractivity contribution < 1.29 is 4.79 Å². The van der Waals surface area contributed by atoms with Crippen LogP contribution in [0.2, 0.25) is 5.02 Å². The number of halogens is 1. The molecule has 6 nitrogen and oxygen atoms in total. The number of H-pyrrole nitrogens is 1.